The maximum atomic E-state index is 5.76. The summed E-state index contributed by atoms with van der Waals surface area (Å²) in [6, 6.07) is 5.75. The van der Waals surface area contributed by atoms with Crippen molar-refractivity contribution in [2.75, 3.05) is 17.6 Å². The lowest BCUT2D eigenvalue weighted by Gasteiger charge is -2.13. The molecule has 1 heterocycles. The third-order valence-corrected chi connectivity index (χ3v) is 3.68. The van der Waals surface area contributed by atoms with Crippen molar-refractivity contribution in [3.05, 3.63) is 24.5 Å². The van der Waals surface area contributed by atoms with E-state index >= 15 is 0 Å². The van der Waals surface area contributed by atoms with Crippen LogP contribution in [-0.4, -0.2) is 16.5 Å². The first-order valence-electron chi connectivity index (χ1n) is 6.48. The Kier molecular flexibility index (Phi) is 2.78. The van der Waals surface area contributed by atoms with Crippen molar-refractivity contribution in [3.63, 3.8) is 0 Å². The Balaban J connectivity index is 1.82. The predicted octanol–water partition coefficient (Wildman–Crippen LogP) is 2.67. The van der Waals surface area contributed by atoms with E-state index in [-0.39, 0.29) is 0 Å². The first-order valence-corrected chi connectivity index (χ1v) is 6.48. The molecule has 1 unspecified atom stereocenters. The van der Waals surface area contributed by atoms with E-state index in [4.69, 9.17) is 5.73 Å². The average Bonchev–Trinajstić information content (AvgIpc) is 3.19. The van der Waals surface area contributed by atoms with Crippen molar-refractivity contribution >= 4 is 22.4 Å². The maximum Gasteiger partial charge on any atom is 0.137 e. The molecule has 1 aliphatic rings. The number of nitrogens with zero attached hydrogens (tertiary/aromatic N) is 2. The van der Waals surface area contributed by atoms with E-state index in [1.54, 1.807) is 6.33 Å². The summed E-state index contributed by atoms with van der Waals surface area (Å²) in [6.07, 6.45) is 4.35. The maximum absolute atomic E-state index is 5.76. The van der Waals surface area contributed by atoms with Crippen molar-refractivity contribution in [2.45, 2.75) is 19.8 Å². The number of benzene rings is 1. The monoisotopic (exact) mass is 242 g/mol. The van der Waals surface area contributed by atoms with Gasteiger partial charge in [0.15, 0.2) is 0 Å². The van der Waals surface area contributed by atoms with Crippen LogP contribution in [0.4, 0.5) is 11.5 Å². The van der Waals surface area contributed by atoms with Gasteiger partial charge in [-0.05, 0) is 42.9 Å². The molecule has 1 aliphatic carbocycles. The van der Waals surface area contributed by atoms with E-state index in [0.29, 0.717) is 5.92 Å². The molecule has 1 atom stereocenters. The van der Waals surface area contributed by atoms with Gasteiger partial charge < -0.3 is 11.1 Å². The lowest BCUT2D eigenvalue weighted by Crippen LogP contribution is -2.14. The van der Waals surface area contributed by atoms with E-state index in [1.165, 1.54) is 12.8 Å². The number of hydrogen-bond acceptors (Lipinski definition) is 4. The molecule has 1 fully saturated rings. The zero-order chi connectivity index (χ0) is 12.5. The molecule has 0 saturated heterocycles. The minimum absolute atomic E-state index is 0.712. The Morgan fingerprint density at radius 3 is 3.00 bits per heavy atom. The number of anilines is 2. The van der Waals surface area contributed by atoms with Crippen LogP contribution in [0.15, 0.2) is 24.5 Å². The van der Waals surface area contributed by atoms with Crippen LogP contribution in [0.2, 0.25) is 0 Å². The molecule has 1 saturated carbocycles. The van der Waals surface area contributed by atoms with Gasteiger partial charge in [0.25, 0.3) is 0 Å². The smallest absolute Gasteiger partial charge is 0.137 e. The summed E-state index contributed by atoms with van der Waals surface area (Å²) in [5.41, 5.74) is 7.39. The molecule has 4 heteroatoms. The zero-order valence-electron chi connectivity index (χ0n) is 10.6. The second-order valence-corrected chi connectivity index (χ2v) is 5.19. The minimum Gasteiger partial charge on any atom is -0.399 e. The van der Waals surface area contributed by atoms with Crippen LogP contribution in [0.25, 0.3) is 10.9 Å². The van der Waals surface area contributed by atoms with Crippen LogP contribution >= 0.6 is 0 Å². The lowest BCUT2D eigenvalue weighted by molar-refractivity contribution is 0.536. The van der Waals surface area contributed by atoms with Gasteiger partial charge in [0.05, 0.1) is 5.52 Å². The van der Waals surface area contributed by atoms with Gasteiger partial charge in [-0.2, -0.15) is 0 Å². The third-order valence-electron chi connectivity index (χ3n) is 3.68. The summed E-state index contributed by atoms with van der Waals surface area (Å²) in [7, 11) is 0. The molecule has 2 aromatic rings. The number of fused-ring (bicyclic) bond motifs is 1. The number of aromatic nitrogens is 2. The Hall–Kier alpha value is -1.84. The van der Waals surface area contributed by atoms with Crippen molar-refractivity contribution in [1.29, 1.82) is 0 Å². The largest absolute Gasteiger partial charge is 0.399 e. The second kappa shape index (κ2) is 4.44. The molecule has 1 aromatic carbocycles. The van der Waals surface area contributed by atoms with Crippen molar-refractivity contribution < 1.29 is 0 Å². The molecule has 4 nitrogen and oxygen atoms in total. The first kappa shape index (κ1) is 11.3. The Morgan fingerprint density at radius 1 is 1.39 bits per heavy atom. The molecule has 0 bridgehead atoms. The molecule has 0 spiro atoms. The van der Waals surface area contributed by atoms with E-state index in [2.05, 4.69) is 22.2 Å². The summed E-state index contributed by atoms with van der Waals surface area (Å²) in [5, 5.41) is 4.47. The molecule has 3 rings (SSSR count). The molecule has 18 heavy (non-hydrogen) atoms. The number of nitrogen functional groups attached to an aromatic ring is 1. The summed E-state index contributed by atoms with van der Waals surface area (Å²) in [6.45, 7) is 3.27. The summed E-state index contributed by atoms with van der Waals surface area (Å²) >= 11 is 0. The molecule has 1 aromatic heterocycles. The normalized spacial score (nSPS) is 16.7. The minimum atomic E-state index is 0.712. The van der Waals surface area contributed by atoms with Crippen LogP contribution in [0.3, 0.4) is 0 Å². The standard InChI is InChI=1S/C14H18N4/c1-9(10-2-3-10)7-16-14-12-5-4-11(15)6-13(12)17-8-18-14/h4-6,8-10H,2-3,7,15H2,1H3,(H,16,17,18). The molecule has 3 N–H and O–H groups in total. The molecular formula is C14H18N4. The van der Waals surface area contributed by atoms with Gasteiger partial charge in [0.2, 0.25) is 0 Å². The molecule has 94 valence electrons. The van der Waals surface area contributed by atoms with Crippen LogP contribution < -0.4 is 11.1 Å². The van der Waals surface area contributed by atoms with Gasteiger partial charge in [-0.1, -0.05) is 6.92 Å². The van der Waals surface area contributed by atoms with Crippen LogP contribution in [0.5, 0.6) is 0 Å². The molecular weight excluding hydrogens is 224 g/mol. The van der Waals surface area contributed by atoms with Crippen LogP contribution in [-0.2, 0) is 0 Å². The highest BCUT2D eigenvalue weighted by atomic mass is 15.0. The Labute approximate surface area is 107 Å². The highest BCUT2D eigenvalue weighted by Gasteiger charge is 2.27. The van der Waals surface area contributed by atoms with E-state index < -0.39 is 0 Å². The third kappa shape index (κ3) is 2.23. The lowest BCUT2D eigenvalue weighted by atomic mass is 10.1. The topological polar surface area (TPSA) is 63.8 Å². The number of nitrogens with two attached hydrogens (primary N) is 1. The van der Waals surface area contributed by atoms with Crippen molar-refractivity contribution in [3.8, 4) is 0 Å². The SMILES string of the molecule is CC(CNc1ncnc2cc(N)ccc12)C1CC1. The van der Waals surface area contributed by atoms with Gasteiger partial charge in [-0.25, -0.2) is 9.97 Å². The van der Waals surface area contributed by atoms with E-state index in [0.717, 1.165) is 34.9 Å². The highest BCUT2D eigenvalue weighted by Crippen LogP contribution is 2.36. The first-order chi connectivity index (χ1) is 8.74. The Bertz CT molecular complexity index is 563. The van der Waals surface area contributed by atoms with Crippen LogP contribution in [0, 0.1) is 11.8 Å². The molecule has 0 radical (unpaired) electrons. The van der Waals surface area contributed by atoms with Gasteiger partial charge in [-0.3, -0.25) is 0 Å². The Morgan fingerprint density at radius 2 is 2.22 bits per heavy atom. The number of hydrogen-bond donors (Lipinski definition) is 2. The quantitative estimate of drug-likeness (QED) is 0.809. The molecule has 0 amide bonds. The summed E-state index contributed by atoms with van der Waals surface area (Å²) in [4.78, 5) is 8.57. The van der Waals surface area contributed by atoms with Gasteiger partial charge in [0, 0.05) is 17.6 Å². The summed E-state index contributed by atoms with van der Waals surface area (Å²) < 4.78 is 0. The second-order valence-electron chi connectivity index (χ2n) is 5.19. The van der Waals surface area contributed by atoms with Crippen molar-refractivity contribution in [2.24, 2.45) is 11.8 Å². The number of rotatable bonds is 4. The van der Waals surface area contributed by atoms with E-state index in [1.807, 2.05) is 18.2 Å². The van der Waals surface area contributed by atoms with Crippen LogP contribution in [0.1, 0.15) is 19.8 Å². The zero-order valence-corrected chi connectivity index (χ0v) is 10.6. The fourth-order valence-electron chi connectivity index (χ4n) is 2.30. The summed E-state index contributed by atoms with van der Waals surface area (Å²) in [5.74, 6) is 2.53. The van der Waals surface area contributed by atoms with E-state index in [9.17, 15) is 0 Å². The van der Waals surface area contributed by atoms with Gasteiger partial charge in [-0.15, -0.1) is 0 Å². The fourth-order valence-corrected chi connectivity index (χ4v) is 2.30. The predicted molar refractivity (Wildman–Crippen MR) is 74.3 cm³/mol. The van der Waals surface area contributed by atoms with Gasteiger partial charge in [0.1, 0.15) is 12.1 Å². The molecule has 0 aliphatic heterocycles. The van der Waals surface area contributed by atoms with Gasteiger partial charge >= 0.3 is 0 Å². The highest BCUT2D eigenvalue weighted by molar-refractivity contribution is 5.90. The van der Waals surface area contributed by atoms with Crippen molar-refractivity contribution in [1.82, 2.24) is 9.97 Å². The fraction of sp³-hybridized carbons (Fsp3) is 0.429. The average molecular weight is 242 g/mol. The number of nitrogens with one attached hydrogen (secondary N) is 1.